The van der Waals surface area contributed by atoms with Gasteiger partial charge < -0.3 is 9.64 Å². The minimum atomic E-state index is -3.13. The van der Waals surface area contributed by atoms with Crippen LogP contribution >= 0.6 is 11.8 Å². The van der Waals surface area contributed by atoms with Gasteiger partial charge >= 0.3 is 0 Å². The van der Waals surface area contributed by atoms with Gasteiger partial charge in [0.05, 0.1) is 31.1 Å². The van der Waals surface area contributed by atoms with Gasteiger partial charge in [-0.1, -0.05) is 23.9 Å². The number of hydrogen-bond acceptors (Lipinski definition) is 5. The van der Waals surface area contributed by atoms with Crippen molar-refractivity contribution in [1.29, 1.82) is 0 Å². The van der Waals surface area contributed by atoms with Crippen LogP contribution in [0.1, 0.15) is 5.56 Å². The number of hydrogen-bond donors (Lipinski definition) is 0. The van der Waals surface area contributed by atoms with Crippen molar-refractivity contribution in [1.82, 2.24) is 0 Å². The lowest BCUT2D eigenvalue weighted by atomic mass is 10.1. The quantitative estimate of drug-likeness (QED) is 0.737. The maximum Gasteiger partial charge on any atom is 0.252 e. The van der Waals surface area contributed by atoms with Gasteiger partial charge in [-0.3, -0.25) is 4.79 Å². The first-order valence-electron chi connectivity index (χ1n) is 9.01. The molecule has 6 nitrogen and oxygen atoms in total. The van der Waals surface area contributed by atoms with Crippen molar-refractivity contribution in [3.63, 3.8) is 0 Å². The number of ether oxygens (including phenoxy) is 1. The molecular weight excluding hydrogens is 415 g/mol. The summed E-state index contributed by atoms with van der Waals surface area (Å²) in [7, 11) is -1.56. The van der Waals surface area contributed by atoms with Gasteiger partial charge in [-0.2, -0.15) is 4.99 Å². The Morgan fingerprint density at radius 1 is 1.17 bits per heavy atom. The van der Waals surface area contributed by atoms with Gasteiger partial charge in [0.15, 0.2) is 15.0 Å². The summed E-state index contributed by atoms with van der Waals surface area (Å²) in [6.07, 6.45) is 0.0500. The Morgan fingerprint density at radius 2 is 1.86 bits per heavy atom. The summed E-state index contributed by atoms with van der Waals surface area (Å²) in [4.78, 5) is 18.6. The lowest BCUT2D eigenvalue weighted by Crippen LogP contribution is -2.37. The predicted molar refractivity (Wildman–Crippen MR) is 112 cm³/mol. The smallest absolute Gasteiger partial charge is 0.252 e. The van der Waals surface area contributed by atoms with Gasteiger partial charge in [0.1, 0.15) is 11.6 Å². The second-order valence-corrected chi connectivity index (χ2v) is 10.3. The number of nitrogens with zero attached hydrogens (tertiary/aromatic N) is 2. The van der Waals surface area contributed by atoms with Crippen LogP contribution in [0.3, 0.4) is 0 Å². The lowest BCUT2D eigenvalue weighted by Gasteiger charge is -2.24. The average molecular weight is 435 g/mol. The zero-order valence-corrected chi connectivity index (χ0v) is 17.2. The molecular formula is C20H19FN2O4S2. The maximum absolute atomic E-state index is 13.1. The Morgan fingerprint density at radius 3 is 2.52 bits per heavy atom. The fraction of sp³-hybridized carbons (Fsp3) is 0.300. The first-order valence-corrected chi connectivity index (χ1v) is 11.7. The third kappa shape index (κ3) is 4.30. The molecule has 2 heterocycles. The summed E-state index contributed by atoms with van der Waals surface area (Å²) in [6.45, 7) is 0. The van der Waals surface area contributed by atoms with E-state index in [1.54, 1.807) is 31.4 Å². The Hall–Kier alpha value is -2.39. The van der Waals surface area contributed by atoms with E-state index in [4.69, 9.17) is 4.74 Å². The van der Waals surface area contributed by atoms with E-state index in [-0.39, 0.29) is 40.9 Å². The van der Waals surface area contributed by atoms with Gasteiger partial charge in [0.25, 0.3) is 5.91 Å². The highest BCUT2D eigenvalue weighted by Gasteiger charge is 2.49. The highest BCUT2D eigenvalue weighted by Crippen LogP contribution is 2.41. The van der Waals surface area contributed by atoms with Crippen LogP contribution < -0.4 is 9.64 Å². The summed E-state index contributed by atoms with van der Waals surface area (Å²) in [5.41, 5.74) is 1.43. The molecule has 2 aromatic carbocycles. The molecule has 2 aliphatic rings. The first-order chi connectivity index (χ1) is 13.8. The van der Waals surface area contributed by atoms with Crippen molar-refractivity contribution in [2.45, 2.75) is 17.7 Å². The number of carbonyl (C=O) groups is 1. The molecule has 4 rings (SSSR count). The van der Waals surface area contributed by atoms with Crippen molar-refractivity contribution in [2.75, 3.05) is 23.5 Å². The van der Waals surface area contributed by atoms with E-state index < -0.39 is 9.84 Å². The van der Waals surface area contributed by atoms with Crippen LogP contribution in [0.15, 0.2) is 53.5 Å². The van der Waals surface area contributed by atoms with E-state index in [1.807, 2.05) is 17.0 Å². The summed E-state index contributed by atoms with van der Waals surface area (Å²) in [6, 6.07) is 12.7. The monoisotopic (exact) mass is 434 g/mol. The first kappa shape index (κ1) is 19.9. The van der Waals surface area contributed by atoms with E-state index in [0.29, 0.717) is 16.5 Å². The van der Waals surface area contributed by atoms with Gasteiger partial charge in [0, 0.05) is 10.9 Å². The number of amidine groups is 1. The molecule has 152 valence electrons. The SMILES string of the molecule is COc1ccc(N2C(=NC(=O)Cc3ccc(F)cc3)SC3CS(=O)(=O)CC32)cc1. The Balaban J connectivity index is 1.62. The number of rotatable bonds is 4. The number of halogens is 1. The van der Waals surface area contributed by atoms with Crippen LogP contribution in [-0.2, 0) is 21.1 Å². The molecule has 0 saturated carbocycles. The van der Waals surface area contributed by atoms with Gasteiger partial charge in [-0.15, -0.1) is 0 Å². The second-order valence-electron chi connectivity index (χ2n) is 6.96. The van der Waals surface area contributed by atoms with Crippen LogP contribution in [0.5, 0.6) is 5.75 Å². The van der Waals surface area contributed by atoms with Crippen LogP contribution in [0.2, 0.25) is 0 Å². The Kier molecular flexibility index (Phi) is 5.35. The molecule has 2 fully saturated rings. The molecule has 2 aromatic rings. The van der Waals surface area contributed by atoms with Gasteiger partial charge in [-0.25, -0.2) is 12.8 Å². The van der Waals surface area contributed by atoms with Crippen LogP contribution in [0.4, 0.5) is 10.1 Å². The third-order valence-electron chi connectivity index (χ3n) is 4.91. The zero-order chi connectivity index (χ0) is 20.6. The number of carbonyl (C=O) groups excluding carboxylic acids is 1. The molecule has 2 aliphatic heterocycles. The molecule has 0 aliphatic carbocycles. The second kappa shape index (κ2) is 7.79. The number of thioether (sulfide) groups is 1. The van der Waals surface area contributed by atoms with E-state index in [1.165, 1.54) is 23.9 Å². The summed E-state index contributed by atoms with van der Waals surface area (Å²) >= 11 is 1.32. The molecule has 0 N–H and O–H groups in total. The van der Waals surface area contributed by atoms with Crippen LogP contribution in [-0.4, -0.2) is 49.4 Å². The molecule has 0 spiro atoms. The fourth-order valence-electron chi connectivity index (χ4n) is 3.53. The number of aliphatic imine (C=N–C) groups is 1. The number of fused-ring (bicyclic) bond motifs is 1. The molecule has 9 heteroatoms. The maximum atomic E-state index is 13.1. The summed E-state index contributed by atoms with van der Waals surface area (Å²) in [5.74, 6) is 0.0586. The highest BCUT2D eigenvalue weighted by atomic mass is 32.2. The van der Waals surface area contributed by atoms with E-state index in [0.717, 1.165) is 5.69 Å². The van der Waals surface area contributed by atoms with E-state index >= 15 is 0 Å². The standard InChI is InChI=1S/C20H19FN2O4S2/c1-27-16-8-6-15(7-9-16)23-17-11-29(25,26)12-18(17)28-20(23)22-19(24)10-13-2-4-14(21)5-3-13/h2-9,17-18H,10-12H2,1H3. The predicted octanol–water partition coefficient (Wildman–Crippen LogP) is 2.68. The fourth-order valence-corrected chi connectivity index (χ4v) is 7.46. The molecule has 2 atom stereocenters. The van der Waals surface area contributed by atoms with Crippen molar-refractivity contribution in [3.05, 3.63) is 59.9 Å². The van der Waals surface area contributed by atoms with Crippen molar-refractivity contribution in [3.8, 4) is 5.75 Å². The third-order valence-corrected chi connectivity index (χ3v) is 8.12. The topological polar surface area (TPSA) is 76.0 Å². The zero-order valence-electron chi connectivity index (χ0n) is 15.6. The highest BCUT2D eigenvalue weighted by molar-refractivity contribution is 8.16. The number of benzene rings is 2. The molecule has 29 heavy (non-hydrogen) atoms. The summed E-state index contributed by atoms with van der Waals surface area (Å²) < 4.78 is 42.5. The molecule has 0 bridgehead atoms. The molecule has 2 unspecified atom stereocenters. The summed E-state index contributed by atoms with van der Waals surface area (Å²) in [5, 5.41) is 0.326. The largest absolute Gasteiger partial charge is 0.497 e. The number of amides is 1. The molecule has 2 saturated heterocycles. The van der Waals surface area contributed by atoms with E-state index in [2.05, 4.69) is 4.99 Å². The number of anilines is 1. The van der Waals surface area contributed by atoms with Crippen molar-refractivity contribution in [2.24, 2.45) is 4.99 Å². The van der Waals surface area contributed by atoms with Gasteiger partial charge in [0.2, 0.25) is 0 Å². The minimum Gasteiger partial charge on any atom is -0.497 e. The molecule has 0 aromatic heterocycles. The molecule has 1 amide bonds. The lowest BCUT2D eigenvalue weighted by molar-refractivity contribution is -0.117. The van der Waals surface area contributed by atoms with Gasteiger partial charge in [-0.05, 0) is 42.0 Å². The minimum absolute atomic E-state index is 0.0296. The van der Waals surface area contributed by atoms with Crippen LogP contribution in [0, 0.1) is 5.82 Å². The Bertz CT molecular complexity index is 1050. The number of sulfone groups is 1. The van der Waals surface area contributed by atoms with Crippen molar-refractivity contribution >= 4 is 38.4 Å². The van der Waals surface area contributed by atoms with Crippen LogP contribution in [0.25, 0.3) is 0 Å². The average Bonchev–Trinajstić information content (AvgIpc) is 3.14. The van der Waals surface area contributed by atoms with Crippen molar-refractivity contribution < 1.29 is 22.3 Å². The number of methoxy groups -OCH3 is 1. The molecule has 0 radical (unpaired) electrons. The van der Waals surface area contributed by atoms with E-state index in [9.17, 15) is 17.6 Å². The normalized spacial score (nSPS) is 23.9. The Labute approximate surface area is 172 Å².